The van der Waals surface area contributed by atoms with Crippen molar-refractivity contribution in [2.75, 3.05) is 13.1 Å². The van der Waals surface area contributed by atoms with Gasteiger partial charge in [-0.15, -0.1) is 0 Å². The SMILES string of the molecule is O=C(O)CCC(NC(=O)[C@@H]1CCCNC1)C(=O)O. The van der Waals surface area contributed by atoms with Gasteiger partial charge in [-0.3, -0.25) is 9.59 Å². The van der Waals surface area contributed by atoms with E-state index >= 15 is 0 Å². The summed E-state index contributed by atoms with van der Waals surface area (Å²) in [5.41, 5.74) is 0. The first kappa shape index (κ1) is 14.4. The Hall–Kier alpha value is -1.63. The van der Waals surface area contributed by atoms with Crippen molar-refractivity contribution in [2.24, 2.45) is 5.92 Å². The highest BCUT2D eigenvalue weighted by molar-refractivity contribution is 5.85. The molecule has 1 amide bonds. The summed E-state index contributed by atoms with van der Waals surface area (Å²) in [5.74, 6) is -2.83. The Kier molecular flexibility index (Phi) is 5.57. The minimum Gasteiger partial charge on any atom is -0.481 e. The second kappa shape index (κ2) is 6.95. The summed E-state index contributed by atoms with van der Waals surface area (Å²) in [6, 6.07) is -1.13. The van der Waals surface area contributed by atoms with Crippen LogP contribution < -0.4 is 10.6 Å². The van der Waals surface area contributed by atoms with E-state index in [-0.39, 0.29) is 24.7 Å². The molecule has 0 aromatic carbocycles. The average Bonchev–Trinajstić information content (AvgIpc) is 2.34. The van der Waals surface area contributed by atoms with Crippen LogP contribution in [0.2, 0.25) is 0 Å². The summed E-state index contributed by atoms with van der Waals surface area (Å²) in [5, 5.41) is 22.9. The maximum atomic E-state index is 11.8. The quantitative estimate of drug-likeness (QED) is 0.506. The van der Waals surface area contributed by atoms with Crippen molar-refractivity contribution in [2.45, 2.75) is 31.7 Å². The van der Waals surface area contributed by atoms with E-state index in [0.29, 0.717) is 6.54 Å². The van der Waals surface area contributed by atoms with Gasteiger partial charge in [0.15, 0.2) is 0 Å². The Morgan fingerprint density at radius 2 is 2.06 bits per heavy atom. The zero-order valence-corrected chi connectivity index (χ0v) is 10.0. The molecule has 0 spiro atoms. The smallest absolute Gasteiger partial charge is 0.326 e. The van der Waals surface area contributed by atoms with E-state index in [2.05, 4.69) is 10.6 Å². The van der Waals surface area contributed by atoms with Gasteiger partial charge in [0.05, 0.1) is 5.92 Å². The minimum atomic E-state index is -1.20. The number of hydrogen-bond acceptors (Lipinski definition) is 4. The topological polar surface area (TPSA) is 116 Å². The molecule has 1 saturated heterocycles. The standard InChI is InChI=1S/C11H18N2O5/c14-9(15)4-3-8(11(17)18)13-10(16)7-2-1-5-12-6-7/h7-8,12H,1-6H2,(H,13,16)(H,14,15)(H,17,18)/t7-,8?/m1/s1. The van der Waals surface area contributed by atoms with Crippen molar-refractivity contribution in [3.63, 3.8) is 0 Å². The van der Waals surface area contributed by atoms with E-state index in [1.807, 2.05) is 0 Å². The number of carbonyl (C=O) groups excluding carboxylic acids is 1. The predicted octanol–water partition coefficient (Wildman–Crippen LogP) is -0.580. The Labute approximate surface area is 105 Å². The molecular weight excluding hydrogens is 240 g/mol. The van der Waals surface area contributed by atoms with Crippen molar-refractivity contribution < 1.29 is 24.6 Å². The van der Waals surface area contributed by atoms with Gasteiger partial charge < -0.3 is 20.8 Å². The van der Waals surface area contributed by atoms with E-state index < -0.39 is 18.0 Å². The van der Waals surface area contributed by atoms with Gasteiger partial charge in [-0.2, -0.15) is 0 Å². The number of piperidine rings is 1. The molecule has 0 aromatic rings. The molecule has 18 heavy (non-hydrogen) atoms. The third-order valence-electron chi connectivity index (χ3n) is 2.93. The Morgan fingerprint density at radius 1 is 1.33 bits per heavy atom. The molecule has 2 atom stereocenters. The summed E-state index contributed by atoms with van der Waals surface area (Å²) in [7, 11) is 0. The number of rotatable bonds is 6. The molecule has 0 bridgehead atoms. The molecule has 1 unspecified atom stereocenters. The summed E-state index contributed by atoms with van der Waals surface area (Å²) >= 11 is 0. The lowest BCUT2D eigenvalue weighted by Gasteiger charge is -2.23. The lowest BCUT2D eigenvalue weighted by atomic mass is 9.98. The summed E-state index contributed by atoms with van der Waals surface area (Å²) in [6.45, 7) is 1.41. The van der Waals surface area contributed by atoms with Gasteiger partial charge >= 0.3 is 11.9 Å². The average molecular weight is 258 g/mol. The normalized spacial score (nSPS) is 21.0. The predicted molar refractivity (Wildman–Crippen MR) is 62.0 cm³/mol. The minimum absolute atomic E-state index is 0.101. The second-order valence-electron chi connectivity index (χ2n) is 4.38. The summed E-state index contributed by atoms with van der Waals surface area (Å²) < 4.78 is 0. The number of carbonyl (C=O) groups is 3. The molecule has 7 nitrogen and oxygen atoms in total. The van der Waals surface area contributed by atoms with E-state index in [9.17, 15) is 14.4 Å². The molecule has 4 N–H and O–H groups in total. The van der Waals surface area contributed by atoms with Crippen molar-refractivity contribution in [1.29, 1.82) is 0 Å². The maximum absolute atomic E-state index is 11.8. The zero-order chi connectivity index (χ0) is 13.5. The van der Waals surface area contributed by atoms with Crippen LogP contribution in [-0.4, -0.2) is 47.2 Å². The molecule has 102 valence electrons. The highest BCUT2D eigenvalue weighted by Gasteiger charge is 2.26. The van der Waals surface area contributed by atoms with Gasteiger partial charge in [-0.1, -0.05) is 0 Å². The Bertz CT molecular complexity index is 325. The fraction of sp³-hybridized carbons (Fsp3) is 0.727. The first-order chi connectivity index (χ1) is 8.50. The van der Waals surface area contributed by atoms with Gasteiger partial charge in [0.2, 0.25) is 5.91 Å². The third-order valence-corrected chi connectivity index (χ3v) is 2.93. The molecule has 0 radical (unpaired) electrons. The number of carboxylic acid groups (broad SMARTS) is 2. The molecule has 1 fully saturated rings. The van der Waals surface area contributed by atoms with Crippen LogP contribution in [0.4, 0.5) is 0 Å². The fourth-order valence-corrected chi connectivity index (χ4v) is 1.89. The Morgan fingerprint density at radius 3 is 2.56 bits per heavy atom. The maximum Gasteiger partial charge on any atom is 0.326 e. The van der Waals surface area contributed by atoms with Crippen LogP contribution in [0, 0.1) is 5.92 Å². The van der Waals surface area contributed by atoms with Gasteiger partial charge in [-0.25, -0.2) is 4.79 Å². The molecule has 1 aliphatic heterocycles. The number of hydrogen-bond donors (Lipinski definition) is 4. The van der Waals surface area contributed by atoms with Crippen LogP contribution >= 0.6 is 0 Å². The van der Waals surface area contributed by atoms with Crippen LogP contribution in [0.15, 0.2) is 0 Å². The van der Waals surface area contributed by atoms with Gasteiger partial charge in [-0.05, 0) is 25.8 Å². The van der Waals surface area contributed by atoms with Crippen LogP contribution in [0.5, 0.6) is 0 Å². The molecule has 0 aliphatic carbocycles. The van der Waals surface area contributed by atoms with Crippen molar-refractivity contribution in [1.82, 2.24) is 10.6 Å². The molecule has 1 aliphatic rings. The van der Waals surface area contributed by atoms with E-state index in [4.69, 9.17) is 10.2 Å². The van der Waals surface area contributed by atoms with Gasteiger partial charge in [0.25, 0.3) is 0 Å². The molecule has 0 saturated carbocycles. The summed E-state index contributed by atoms with van der Waals surface area (Å²) in [4.78, 5) is 33.1. The van der Waals surface area contributed by atoms with E-state index in [0.717, 1.165) is 19.4 Å². The van der Waals surface area contributed by atoms with Crippen LogP contribution in [0.3, 0.4) is 0 Å². The first-order valence-electron chi connectivity index (χ1n) is 5.96. The molecular formula is C11H18N2O5. The lowest BCUT2D eigenvalue weighted by molar-refractivity contribution is -0.143. The van der Waals surface area contributed by atoms with Crippen molar-refractivity contribution in [3.05, 3.63) is 0 Å². The fourth-order valence-electron chi connectivity index (χ4n) is 1.89. The van der Waals surface area contributed by atoms with Crippen molar-refractivity contribution >= 4 is 17.8 Å². The number of nitrogens with one attached hydrogen (secondary N) is 2. The van der Waals surface area contributed by atoms with Crippen molar-refractivity contribution in [3.8, 4) is 0 Å². The van der Waals surface area contributed by atoms with Crippen LogP contribution in [0.25, 0.3) is 0 Å². The number of amides is 1. The second-order valence-corrected chi connectivity index (χ2v) is 4.38. The summed E-state index contributed by atoms with van der Waals surface area (Å²) in [6.07, 6.45) is 1.23. The van der Waals surface area contributed by atoms with Gasteiger partial charge in [0, 0.05) is 13.0 Å². The monoisotopic (exact) mass is 258 g/mol. The Balaban J connectivity index is 2.46. The van der Waals surface area contributed by atoms with Crippen LogP contribution in [-0.2, 0) is 14.4 Å². The molecule has 0 aromatic heterocycles. The molecule has 7 heteroatoms. The largest absolute Gasteiger partial charge is 0.481 e. The highest BCUT2D eigenvalue weighted by Crippen LogP contribution is 2.10. The third kappa shape index (κ3) is 4.70. The van der Waals surface area contributed by atoms with E-state index in [1.54, 1.807) is 0 Å². The highest BCUT2D eigenvalue weighted by atomic mass is 16.4. The zero-order valence-electron chi connectivity index (χ0n) is 10.0. The number of aliphatic carboxylic acids is 2. The molecule has 1 rings (SSSR count). The van der Waals surface area contributed by atoms with Crippen LogP contribution in [0.1, 0.15) is 25.7 Å². The van der Waals surface area contributed by atoms with E-state index in [1.165, 1.54) is 0 Å². The van der Waals surface area contributed by atoms with Gasteiger partial charge in [0.1, 0.15) is 6.04 Å². The lowest BCUT2D eigenvalue weighted by Crippen LogP contribution is -2.47. The number of carboxylic acids is 2. The first-order valence-corrected chi connectivity index (χ1v) is 5.96. The molecule has 1 heterocycles.